The fourth-order valence-corrected chi connectivity index (χ4v) is 3.51. The van der Waals surface area contributed by atoms with Crippen LogP contribution in [0.3, 0.4) is 0 Å². The minimum Gasteiger partial charge on any atom is -0.339 e. The van der Waals surface area contributed by atoms with Gasteiger partial charge in [-0.3, -0.25) is 9.59 Å². The molecule has 1 saturated heterocycles. The molecule has 0 aliphatic carbocycles. The molecule has 0 unspecified atom stereocenters. The first-order valence-electron chi connectivity index (χ1n) is 9.58. The first-order chi connectivity index (χ1) is 13.5. The average Bonchev–Trinajstić information content (AvgIpc) is 2.73. The fraction of sp³-hybridized carbons (Fsp3) is 0.364. The molecule has 3 rings (SSSR count). The second kappa shape index (κ2) is 9.20. The van der Waals surface area contributed by atoms with E-state index in [9.17, 15) is 14.0 Å². The molecule has 0 radical (unpaired) electrons. The number of carbonyl (C=O) groups excluding carboxylic acids is 2. The molecule has 2 aromatic rings. The molecule has 0 atom stereocenters. The molecule has 1 aliphatic heterocycles. The van der Waals surface area contributed by atoms with Gasteiger partial charge in [0.25, 0.3) is 5.91 Å². The number of nitrogens with zero attached hydrogens (tertiary/aromatic N) is 2. The van der Waals surface area contributed by atoms with Crippen LogP contribution < -0.4 is 0 Å². The van der Waals surface area contributed by atoms with Gasteiger partial charge in [-0.1, -0.05) is 42.8 Å². The quantitative estimate of drug-likeness (QED) is 0.759. The van der Waals surface area contributed by atoms with E-state index in [4.69, 9.17) is 11.6 Å². The third-order valence-corrected chi connectivity index (χ3v) is 5.37. The highest BCUT2D eigenvalue weighted by atomic mass is 35.5. The zero-order chi connectivity index (χ0) is 20.1. The van der Waals surface area contributed by atoms with Gasteiger partial charge in [0, 0.05) is 37.6 Å². The van der Waals surface area contributed by atoms with Gasteiger partial charge in [-0.05, 0) is 42.2 Å². The summed E-state index contributed by atoms with van der Waals surface area (Å²) < 4.78 is 13.9. The van der Waals surface area contributed by atoms with E-state index in [1.807, 2.05) is 0 Å². The lowest BCUT2D eigenvalue weighted by atomic mass is 10.1. The summed E-state index contributed by atoms with van der Waals surface area (Å²) in [5.41, 5.74) is 2.41. The Morgan fingerprint density at radius 2 is 1.57 bits per heavy atom. The lowest BCUT2D eigenvalue weighted by Gasteiger charge is -2.35. The van der Waals surface area contributed by atoms with Crippen LogP contribution in [0.15, 0.2) is 42.5 Å². The van der Waals surface area contributed by atoms with Gasteiger partial charge >= 0.3 is 0 Å². The van der Waals surface area contributed by atoms with Crippen molar-refractivity contribution in [2.75, 3.05) is 26.2 Å². The number of hydrogen-bond acceptors (Lipinski definition) is 2. The maximum atomic E-state index is 13.9. The Bertz CT molecular complexity index is 846. The molecule has 0 spiro atoms. The van der Waals surface area contributed by atoms with Crippen molar-refractivity contribution in [2.24, 2.45) is 0 Å². The topological polar surface area (TPSA) is 40.6 Å². The molecule has 1 heterocycles. The summed E-state index contributed by atoms with van der Waals surface area (Å²) >= 11 is 5.88. The van der Waals surface area contributed by atoms with Crippen molar-refractivity contribution in [1.29, 1.82) is 0 Å². The van der Waals surface area contributed by atoms with Crippen molar-refractivity contribution in [2.45, 2.75) is 26.2 Å². The van der Waals surface area contributed by atoms with Crippen LogP contribution in [0.5, 0.6) is 0 Å². The Morgan fingerprint density at radius 3 is 2.21 bits per heavy atom. The summed E-state index contributed by atoms with van der Waals surface area (Å²) in [5, 5.41) is 0.325. The number of hydrogen-bond donors (Lipinski definition) is 0. The Labute approximate surface area is 169 Å². The highest BCUT2D eigenvalue weighted by molar-refractivity contribution is 6.31. The highest BCUT2D eigenvalue weighted by Crippen LogP contribution is 2.18. The molecular formula is C22H24ClFN2O2. The summed E-state index contributed by atoms with van der Waals surface area (Å²) in [7, 11) is 0. The summed E-state index contributed by atoms with van der Waals surface area (Å²) in [4.78, 5) is 28.4. The van der Waals surface area contributed by atoms with Crippen molar-refractivity contribution < 1.29 is 14.0 Å². The Kier molecular flexibility index (Phi) is 6.68. The molecule has 1 fully saturated rings. The zero-order valence-electron chi connectivity index (χ0n) is 16.0. The van der Waals surface area contributed by atoms with Crippen LogP contribution in [-0.4, -0.2) is 47.8 Å². The third-order valence-electron chi connectivity index (χ3n) is 5.14. The van der Waals surface area contributed by atoms with Crippen LogP contribution in [0.2, 0.25) is 5.02 Å². The van der Waals surface area contributed by atoms with Gasteiger partial charge in [-0.15, -0.1) is 0 Å². The number of amides is 2. The van der Waals surface area contributed by atoms with Crippen LogP contribution in [0, 0.1) is 5.82 Å². The standard InChI is InChI=1S/C22H24ClFN2O2/c1-2-16-3-5-17(6-4-16)7-10-21(27)25-11-13-26(14-12-25)22(28)19-15-18(23)8-9-20(19)24/h3-6,8-9,15H,2,7,10-14H2,1H3. The van der Waals surface area contributed by atoms with Crippen LogP contribution in [0.25, 0.3) is 0 Å². The van der Waals surface area contributed by atoms with E-state index in [0.717, 1.165) is 12.0 Å². The van der Waals surface area contributed by atoms with Crippen LogP contribution >= 0.6 is 11.6 Å². The third kappa shape index (κ3) is 4.90. The van der Waals surface area contributed by atoms with Crippen molar-refractivity contribution in [3.63, 3.8) is 0 Å². The van der Waals surface area contributed by atoms with Gasteiger partial charge in [0.05, 0.1) is 5.56 Å². The van der Waals surface area contributed by atoms with Gasteiger partial charge in [0.2, 0.25) is 5.91 Å². The van der Waals surface area contributed by atoms with Crippen LogP contribution in [0.4, 0.5) is 4.39 Å². The Morgan fingerprint density at radius 1 is 0.964 bits per heavy atom. The van der Waals surface area contributed by atoms with E-state index in [2.05, 4.69) is 31.2 Å². The Balaban J connectivity index is 1.50. The summed E-state index contributed by atoms with van der Waals surface area (Å²) in [6.45, 7) is 3.82. The molecule has 2 amide bonds. The molecule has 6 heteroatoms. The van der Waals surface area contributed by atoms with Crippen LogP contribution in [0.1, 0.15) is 34.8 Å². The zero-order valence-corrected chi connectivity index (χ0v) is 16.7. The lowest BCUT2D eigenvalue weighted by Crippen LogP contribution is -2.50. The van der Waals surface area contributed by atoms with Crippen molar-refractivity contribution in [3.8, 4) is 0 Å². The van der Waals surface area contributed by atoms with Crippen molar-refractivity contribution >= 4 is 23.4 Å². The first-order valence-corrected chi connectivity index (χ1v) is 9.95. The normalized spacial score (nSPS) is 14.2. The number of aryl methyl sites for hydroxylation is 2. The van der Waals surface area contributed by atoms with E-state index in [1.165, 1.54) is 23.8 Å². The van der Waals surface area contributed by atoms with E-state index in [-0.39, 0.29) is 17.4 Å². The molecule has 0 N–H and O–H groups in total. The summed E-state index contributed by atoms with van der Waals surface area (Å²) in [6, 6.07) is 12.3. The second-order valence-electron chi connectivity index (χ2n) is 6.97. The van der Waals surface area contributed by atoms with Gasteiger partial charge in [0.1, 0.15) is 5.82 Å². The van der Waals surface area contributed by atoms with Gasteiger partial charge in [-0.2, -0.15) is 0 Å². The van der Waals surface area contributed by atoms with E-state index in [0.29, 0.717) is 44.0 Å². The molecule has 2 aromatic carbocycles. The molecule has 148 valence electrons. The van der Waals surface area contributed by atoms with E-state index < -0.39 is 5.82 Å². The summed E-state index contributed by atoms with van der Waals surface area (Å²) in [6.07, 6.45) is 2.15. The van der Waals surface area contributed by atoms with Crippen molar-refractivity contribution in [1.82, 2.24) is 9.80 Å². The van der Waals surface area contributed by atoms with E-state index in [1.54, 1.807) is 9.80 Å². The van der Waals surface area contributed by atoms with Gasteiger partial charge in [-0.25, -0.2) is 4.39 Å². The maximum absolute atomic E-state index is 13.9. The van der Waals surface area contributed by atoms with Crippen molar-refractivity contribution in [3.05, 3.63) is 70.0 Å². The largest absolute Gasteiger partial charge is 0.339 e. The number of halogens is 2. The molecule has 4 nitrogen and oxygen atoms in total. The highest BCUT2D eigenvalue weighted by Gasteiger charge is 2.26. The lowest BCUT2D eigenvalue weighted by molar-refractivity contribution is -0.132. The smallest absolute Gasteiger partial charge is 0.257 e. The fourth-order valence-electron chi connectivity index (χ4n) is 3.34. The predicted octanol–water partition coefficient (Wildman–Crippen LogP) is 3.96. The molecule has 0 bridgehead atoms. The number of carbonyl (C=O) groups is 2. The second-order valence-corrected chi connectivity index (χ2v) is 7.40. The molecule has 0 aromatic heterocycles. The Hall–Kier alpha value is -2.40. The van der Waals surface area contributed by atoms with Crippen LogP contribution in [-0.2, 0) is 17.6 Å². The number of benzene rings is 2. The van der Waals surface area contributed by atoms with Gasteiger partial charge in [0.15, 0.2) is 0 Å². The molecule has 28 heavy (non-hydrogen) atoms. The maximum Gasteiger partial charge on any atom is 0.257 e. The summed E-state index contributed by atoms with van der Waals surface area (Å²) in [5.74, 6) is -0.884. The molecule has 1 aliphatic rings. The monoisotopic (exact) mass is 402 g/mol. The van der Waals surface area contributed by atoms with E-state index >= 15 is 0 Å². The minimum atomic E-state index is -0.581. The average molecular weight is 403 g/mol. The number of rotatable bonds is 5. The molecular weight excluding hydrogens is 379 g/mol. The molecule has 0 saturated carbocycles. The predicted molar refractivity (Wildman–Crippen MR) is 108 cm³/mol. The minimum absolute atomic E-state index is 0.0252. The first kappa shape index (κ1) is 20.3. The van der Waals surface area contributed by atoms with Gasteiger partial charge < -0.3 is 9.80 Å². The SMILES string of the molecule is CCc1ccc(CCC(=O)N2CCN(C(=O)c3cc(Cl)ccc3F)CC2)cc1. The number of piperazine rings is 1.